The van der Waals surface area contributed by atoms with Gasteiger partial charge >= 0.3 is 5.63 Å². The van der Waals surface area contributed by atoms with Crippen molar-refractivity contribution < 1.29 is 4.42 Å². The number of aromatic nitrogens is 1. The maximum absolute atomic E-state index is 12.4. The zero-order valence-electron chi connectivity index (χ0n) is 10.6. The number of halogens is 1. The van der Waals surface area contributed by atoms with Gasteiger partial charge in [0.2, 0.25) is 0 Å². The third-order valence-electron chi connectivity index (χ3n) is 3.54. The van der Waals surface area contributed by atoms with E-state index in [1.807, 2.05) is 24.3 Å². The lowest BCUT2D eigenvalue weighted by Gasteiger charge is -2.05. The van der Waals surface area contributed by atoms with E-state index in [2.05, 4.69) is 27.6 Å². The Morgan fingerprint density at radius 2 is 1.76 bits per heavy atom. The third-order valence-corrected chi connectivity index (χ3v) is 4.21. The molecule has 5 heteroatoms. The van der Waals surface area contributed by atoms with Crippen LogP contribution < -0.4 is 11.2 Å². The van der Waals surface area contributed by atoms with Gasteiger partial charge in [-0.25, -0.2) is 4.79 Å². The van der Waals surface area contributed by atoms with Gasteiger partial charge in [0, 0.05) is 14.3 Å². The van der Waals surface area contributed by atoms with Crippen LogP contribution in [0.4, 0.5) is 0 Å². The quantitative estimate of drug-likeness (QED) is 0.285. The van der Waals surface area contributed by atoms with Gasteiger partial charge in [-0.2, -0.15) is 0 Å². The van der Waals surface area contributed by atoms with Crippen LogP contribution in [0.2, 0.25) is 0 Å². The van der Waals surface area contributed by atoms with Gasteiger partial charge in [-0.05, 0) is 40.8 Å². The van der Waals surface area contributed by atoms with Crippen LogP contribution >= 0.6 is 22.6 Å². The van der Waals surface area contributed by atoms with Gasteiger partial charge in [-0.1, -0.05) is 24.3 Å². The molecule has 102 valence electrons. The van der Waals surface area contributed by atoms with Gasteiger partial charge in [-0.3, -0.25) is 4.79 Å². The molecule has 0 radical (unpaired) electrons. The highest BCUT2D eigenvalue weighted by molar-refractivity contribution is 14.1. The molecule has 0 atom stereocenters. The van der Waals surface area contributed by atoms with E-state index in [9.17, 15) is 9.59 Å². The molecule has 0 saturated carbocycles. The van der Waals surface area contributed by atoms with Gasteiger partial charge in [-0.15, -0.1) is 0 Å². The molecular formula is C16H8INO3. The predicted molar refractivity (Wildman–Crippen MR) is 90.8 cm³/mol. The molecular weight excluding hydrogens is 381 g/mol. The summed E-state index contributed by atoms with van der Waals surface area (Å²) >= 11 is 2.16. The first-order chi connectivity index (χ1) is 10.1. The molecule has 21 heavy (non-hydrogen) atoms. The standard InChI is InChI=1S/C16H8INO3/c17-8-5-6-9-11(7-8)18-15(19)13-10-3-1-2-4-12(10)21-16(20)14(9)13/h1-7H,(H,18,19). The highest BCUT2D eigenvalue weighted by Gasteiger charge is 2.14. The highest BCUT2D eigenvalue weighted by atomic mass is 127. The monoisotopic (exact) mass is 389 g/mol. The van der Waals surface area contributed by atoms with Crippen LogP contribution in [-0.2, 0) is 0 Å². The summed E-state index contributed by atoms with van der Waals surface area (Å²) in [6, 6.07) is 12.6. The summed E-state index contributed by atoms with van der Waals surface area (Å²) in [5, 5.41) is 2.07. The lowest BCUT2D eigenvalue weighted by molar-refractivity contribution is 0.570. The Kier molecular flexibility index (Phi) is 2.65. The van der Waals surface area contributed by atoms with Gasteiger partial charge in [0.15, 0.2) is 0 Å². The van der Waals surface area contributed by atoms with Crippen molar-refractivity contribution in [1.82, 2.24) is 4.98 Å². The van der Waals surface area contributed by atoms with Gasteiger partial charge in [0.1, 0.15) is 5.58 Å². The van der Waals surface area contributed by atoms with E-state index in [4.69, 9.17) is 4.42 Å². The molecule has 1 N–H and O–H groups in total. The highest BCUT2D eigenvalue weighted by Crippen LogP contribution is 2.25. The second-order valence-electron chi connectivity index (χ2n) is 4.78. The van der Waals surface area contributed by atoms with Gasteiger partial charge in [0.05, 0.1) is 16.3 Å². The molecule has 0 bridgehead atoms. The summed E-state index contributed by atoms with van der Waals surface area (Å²) in [6.07, 6.45) is 0. The number of rotatable bonds is 0. The molecule has 0 fully saturated rings. The normalized spacial score (nSPS) is 11.5. The van der Waals surface area contributed by atoms with Crippen LogP contribution in [0.5, 0.6) is 0 Å². The summed E-state index contributed by atoms with van der Waals surface area (Å²) in [4.78, 5) is 27.6. The maximum Gasteiger partial charge on any atom is 0.345 e. The average Bonchev–Trinajstić information content (AvgIpc) is 2.46. The number of fused-ring (bicyclic) bond motifs is 5. The number of hydrogen-bond acceptors (Lipinski definition) is 3. The lowest BCUT2D eigenvalue weighted by Crippen LogP contribution is -2.12. The number of nitrogens with one attached hydrogen (secondary N) is 1. The molecule has 0 aliphatic carbocycles. The van der Waals surface area contributed by atoms with Crippen molar-refractivity contribution in [3.05, 3.63) is 66.8 Å². The molecule has 4 rings (SSSR count). The number of H-pyrrole nitrogens is 1. The molecule has 0 unspecified atom stereocenters. The molecule has 0 saturated heterocycles. The Bertz CT molecular complexity index is 1140. The molecule has 0 spiro atoms. The minimum Gasteiger partial charge on any atom is -0.422 e. The van der Waals surface area contributed by atoms with Crippen molar-refractivity contribution in [3.8, 4) is 0 Å². The molecule has 2 aromatic carbocycles. The molecule has 0 aliphatic heterocycles. The zero-order chi connectivity index (χ0) is 14.6. The number of para-hydroxylation sites is 1. The summed E-state index contributed by atoms with van der Waals surface area (Å²) in [5.74, 6) is 0. The maximum atomic E-state index is 12.4. The number of hydrogen-bond donors (Lipinski definition) is 1. The van der Waals surface area contributed by atoms with E-state index >= 15 is 0 Å². The smallest absolute Gasteiger partial charge is 0.345 e. The van der Waals surface area contributed by atoms with Crippen molar-refractivity contribution in [2.75, 3.05) is 0 Å². The zero-order valence-corrected chi connectivity index (χ0v) is 12.8. The lowest BCUT2D eigenvalue weighted by atomic mass is 10.1. The Balaban J connectivity index is 2.43. The molecule has 0 aliphatic rings. The van der Waals surface area contributed by atoms with Crippen LogP contribution in [0.3, 0.4) is 0 Å². The largest absolute Gasteiger partial charge is 0.422 e. The van der Waals surface area contributed by atoms with E-state index in [0.29, 0.717) is 32.6 Å². The Morgan fingerprint density at radius 3 is 2.62 bits per heavy atom. The average molecular weight is 389 g/mol. The minimum atomic E-state index is -0.485. The second kappa shape index (κ2) is 4.42. The van der Waals surface area contributed by atoms with Crippen LogP contribution in [0.25, 0.3) is 32.6 Å². The molecule has 4 nitrogen and oxygen atoms in total. The van der Waals surface area contributed by atoms with Crippen LogP contribution in [0, 0.1) is 3.57 Å². The first-order valence-corrected chi connectivity index (χ1v) is 7.40. The fraction of sp³-hybridized carbons (Fsp3) is 0. The van der Waals surface area contributed by atoms with Crippen LogP contribution in [0.15, 0.2) is 56.5 Å². The summed E-state index contributed by atoms with van der Waals surface area (Å²) in [7, 11) is 0. The van der Waals surface area contributed by atoms with E-state index in [0.717, 1.165) is 3.57 Å². The number of benzene rings is 2. The first kappa shape index (κ1) is 12.6. The van der Waals surface area contributed by atoms with Crippen molar-refractivity contribution in [1.29, 1.82) is 0 Å². The fourth-order valence-electron chi connectivity index (χ4n) is 2.65. The summed E-state index contributed by atoms with van der Waals surface area (Å²) in [6.45, 7) is 0. The summed E-state index contributed by atoms with van der Waals surface area (Å²) < 4.78 is 6.34. The van der Waals surface area contributed by atoms with E-state index in [-0.39, 0.29) is 5.56 Å². The Morgan fingerprint density at radius 1 is 0.952 bits per heavy atom. The van der Waals surface area contributed by atoms with Gasteiger partial charge in [0.25, 0.3) is 5.56 Å². The van der Waals surface area contributed by atoms with E-state index in [1.165, 1.54) is 0 Å². The van der Waals surface area contributed by atoms with Gasteiger partial charge < -0.3 is 9.40 Å². The van der Waals surface area contributed by atoms with Crippen molar-refractivity contribution in [2.45, 2.75) is 0 Å². The Hall–Kier alpha value is -2.15. The fourth-order valence-corrected chi connectivity index (χ4v) is 3.14. The first-order valence-electron chi connectivity index (χ1n) is 6.32. The van der Waals surface area contributed by atoms with Crippen molar-refractivity contribution in [3.63, 3.8) is 0 Å². The molecule has 2 heterocycles. The van der Waals surface area contributed by atoms with Crippen molar-refractivity contribution >= 4 is 55.2 Å². The van der Waals surface area contributed by atoms with Crippen LogP contribution in [0.1, 0.15) is 0 Å². The topological polar surface area (TPSA) is 63.1 Å². The SMILES string of the molecule is O=c1oc2ccccc2c2c(=O)[nH]c3cc(I)ccc3c12. The predicted octanol–water partition coefficient (Wildman–Crippen LogP) is 3.39. The molecule has 2 aromatic heterocycles. The minimum absolute atomic E-state index is 0.274. The Labute approximate surface area is 131 Å². The van der Waals surface area contributed by atoms with Crippen molar-refractivity contribution in [2.24, 2.45) is 0 Å². The number of pyridine rings is 1. The van der Waals surface area contributed by atoms with E-state index < -0.39 is 5.63 Å². The third kappa shape index (κ3) is 1.80. The molecule has 0 amide bonds. The number of aromatic amines is 1. The van der Waals surface area contributed by atoms with E-state index in [1.54, 1.807) is 18.2 Å². The molecule has 4 aromatic rings. The second-order valence-corrected chi connectivity index (χ2v) is 6.03. The van der Waals surface area contributed by atoms with Crippen LogP contribution in [-0.4, -0.2) is 4.98 Å². The summed E-state index contributed by atoms with van der Waals surface area (Å²) in [5.41, 5.74) is 0.303.